The van der Waals surface area contributed by atoms with Gasteiger partial charge in [0.1, 0.15) is 9.84 Å². The summed E-state index contributed by atoms with van der Waals surface area (Å²) in [5, 5.41) is 3.63. The third kappa shape index (κ3) is 5.07. The van der Waals surface area contributed by atoms with Gasteiger partial charge in [0.05, 0.1) is 5.75 Å². The number of unbranched alkanes of at least 4 members (excludes halogenated alkanes) is 3. The largest absolute Gasteiger partial charge is 0.352 e. The smallest absolute Gasteiger partial charge is 0.226 e. The number of carbonyl (C=O) groups is 1. The van der Waals surface area contributed by atoms with E-state index in [2.05, 4.69) is 5.32 Å². The molecule has 0 saturated heterocycles. The van der Waals surface area contributed by atoms with Crippen molar-refractivity contribution in [2.24, 2.45) is 29.1 Å². The van der Waals surface area contributed by atoms with Gasteiger partial charge in [-0.05, 0) is 81.5 Å². The minimum absolute atomic E-state index is 0.150. The molecule has 5 fully saturated rings. The van der Waals surface area contributed by atoms with Crippen LogP contribution in [0.15, 0.2) is 0 Å². The maximum atomic E-state index is 13.6. The summed E-state index contributed by atoms with van der Waals surface area (Å²) in [6.45, 7) is 1.73. The van der Waals surface area contributed by atoms with Gasteiger partial charge in [-0.25, -0.2) is 8.42 Å². The van der Waals surface area contributed by atoms with Gasteiger partial charge in [-0.15, -0.1) is 0 Å². The second-order valence-corrected chi connectivity index (χ2v) is 13.6. The lowest BCUT2D eigenvalue weighted by atomic mass is 9.54. The third-order valence-electron chi connectivity index (χ3n) is 9.12. The van der Waals surface area contributed by atoms with Gasteiger partial charge in [-0.2, -0.15) is 0 Å². The summed E-state index contributed by atoms with van der Waals surface area (Å²) in [6.07, 6.45) is 17.4. The molecular formula is C25H43NO3S. The van der Waals surface area contributed by atoms with Crippen LogP contribution in [0.5, 0.6) is 0 Å². The van der Waals surface area contributed by atoms with E-state index in [1.807, 2.05) is 0 Å². The fraction of sp³-hybridized carbons (Fsp3) is 0.960. The third-order valence-corrected chi connectivity index (χ3v) is 10.9. The molecule has 1 amide bonds. The highest BCUT2D eigenvalue weighted by Crippen LogP contribution is 2.54. The average Bonchev–Trinajstić information content (AvgIpc) is 2.73. The molecular weight excluding hydrogens is 394 g/mol. The highest BCUT2D eigenvalue weighted by molar-refractivity contribution is 7.91. The lowest BCUT2D eigenvalue weighted by Gasteiger charge is -2.55. The molecule has 5 heteroatoms. The molecule has 4 nitrogen and oxygen atoms in total. The molecule has 30 heavy (non-hydrogen) atoms. The molecule has 172 valence electrons. The van der Waals surface area contributed by atoms with Crippen molar-refractivity contribution >= 4 is 15.7 Å². The van der Waals surface area contributed by atoms with E-state index in [9.17, 15) is 13.2 Å². The fourth-order valence-electron chi connectivity index (χ4n) is 7.57. The van der Waals surface area contributed by atoms with Gasteiger partial charge >= 0.3 is 0 Å². The van der Waals surface area contributed by atoms with Gasteiger partial charge < -0.3 is 5.32 Å². The molecule has 0 unspecified atom stereocenters. The summed E-state index contributed by atoms with van der Waals surface area (Å²) in [7, 11) is -2.84. The van der Waals surface area contributed by atoms with E-state index in [0.717, 1.165) is 68.6 Å². The summed E-state index contributed by atoms with van der Waals surface area (Å²) in [4.78, 5) is 13.6. The molecule has 0 aliphatic heterocycles. The molecule has 0 heterocycles. The number of hydrogen-bond donors (Lipinski definition) is 1. The summed E-state index contributed by atoms with van der Waals surface area (Å²) in [5.41, 5.74) is -0.150. The van der Waals surface area contributed by atoms with Crippen molar-refractivity contribution in [3.63, 3.8) is 0 Å². The Bertz CT molecular complexity index is 667. The van der Waals surface area contributed by atoms with Crippen LogP contribution in [0, 0.1) is 29.1 Å². The van der Waals surface area contributed by atoms with Crippen molar-refractivity contribution in [3.05, 3.63) is 0 Å². The van der Waals surface area contributed by atoms with Crippen molar-refractivity contribution in [2.45, 2.75) is 109 Å². The Labute approximate surface area is 184 Å². The molecule has 5 aliphatic carbocycles. The van der Waals surface area contributed by atoms with E-state index in [0.29, 0.717) is 17.7 Å². The van der Waals surface area contributed by atoms with Crippen LogP contribution in [-0.4, -0.2) is 31.9 Å². The molecule has 4 bridgehead atoms. The Balaban J connectivity index is 1.29. The Kier molecular flexibility index (Phi) is 7.16. The first-order chi connectivity index (χ1) is 14.4. The van der Waals surface area contributed by atoms with E-state index in [1.54, 1.807) is 6.92 Å². The Morgan fingerprint density at radius 1 is 0.867 bits per heavy atom. The molecule has 5 rings (SSSR count). The van der Waals surface area contributed by atoms with Crippen LogP contribution in [0.1, 0.15) is 103 Å². The Morgan fingerprint density at radius 3 is 2.07 bits per heavy atom. The molecule has 0 radical (unpaired) electrons. The standard InChI is InChI=1S/C25H43NO3S/c1-2-30(28,29)13-9-4-3-6-10-25(11-7-5-8-12-25)24(27)26-23-21-15-19-14-20(17-21)18-22(23)16-19/h19-23H,2-18H2,1H3,(H,26,27). The molecule has 1 N–H and O–H groups in total. The molecule has 0 spiro atoms. The van der Waals surface area contributed by atoms with Crippen LogP contribution in [-0.2, 0) is 14.6 Å². The fourth-order valence-corrected chi connectivity index (χ4v) is 8.50. The molecule has 0 aromatic heterocycles. The first-order valence-corrected chi connectivity index (χ1v) is 14.7. The topological polar surface area (TPSA) is 63.2 Å². The number of rotatable bonds is 10. The zero-order chi connectivity index (χ0) is 21.2. The van der Waals surface area contributed by atoms with E-state index < -0.39 is 9.84 Å². The summed E-state index contributed by atoms with van der Waals surface area (Å²) >= 11 is 0. The van der Waals surface area contributed by atoms with Gasteiger partial charge in [0.25, 0.3) is 0 Å². The number of carbonyl (C=O) groups excluding carboxylic acids is 1. The van der Waals surface area contributed by atoms with Gasteiger partial charge in [-0.1, -0.05) is 45.4 Å². The van der Waals surface area contributed by atoms with Crippen LogP contribution >= 0.6 is 0 Å². The quantitative estimate of drug-likeness (QED) is 0.474. The summed E-state index contributed by atoms with van der Waals surface area (Å²) < 4.78 is 23.3. The van der Waals surface area contributed by atoms with Crippen LogP contribution in [0.3, 0.4) is 0 Å². The van der Waals surface area contributed by atoms with Gasteiger partial charge in [0, 0.05) is 17.2 Å². The predicted octanol–water partition coefficient (Wildman–Crippen LogP) is 5.26. The number of hydrogen-bond acceptors (Lipinski definition) is 3. The van der Waals surface area contributed by atoms with Crippen LogP contribution < -0.4 is 5.32 Å². The van der Waals surface area contributed by atoms with Gasteiger partial charge in [0.2, 0.25) is 5.91 Å². The molecule has 0 atom stereocenters. The first kappa shape index (κ1) is 22.6. The number of amides is 1. The minimum atomic E-state index is -2.84. The highest BCUT2D eigenvalue weighted by atomic mass is 32.2. The molecule has 5 aliphatic rings. The van der Waals surface area contributed by atoms with Crippen molar-refractivity contribution in [1.29, 1.82) is 0 Å². The Hall–Kier alpha value is -0.580. The van der Waals surface area contributed by atoms with E-state index in [1.165, 1.54) is 51.4 Å². The normalized spacial score (nSPS) is 34.8. The van der Waals surface area contributed by atoms with E-state index >= 15 is 0 Å². The maximum absolute atomic E-state index is 13.6. The molecule has 5 saturated carbocycles. The van der Waals surface area contributed by atoms with Gasteiger partial charge in [-0.3, -0.25) is 4.79 Å². The average molecular weight is 438 g/mol. The highest BCUT2D eigenvalue weighted by Gasteiger charge is 2.50. The SMILES string of the molecule is CCS(=O)(=O)CCCCCCC1(C(=O)NC2C3CC4CC(C3)CC2C4)CCCCC1. The zero-order valence-electron chi connectivity index (χ0n) is 19.0. The lowest BCUT2D eigenvalue weighted by molar-refractivity contribution is -0.137. The minimum Gasteiger partial charge on any atom is -0.352 e. The van der Waals surface area contributed by atoms with E-state index in [4.69, 9.17) is 0 Å². The molecule has 0 aromatic carbocycles. The van der Waals surface area contributed by atoms with Crippen LogP contribution in [0.2, 0.25) is 0 Å². The Morgan fingerprint density at radius 2 is 1.47 bits per heavy atom. The van der Waals surface area contributed by atoms with Crippen LogP contribution in [0.4, 0.5) is 0 Å². The number of nitrogens with one attached hydrogen (secondary N) is 1. The summed E-state index contributed by atoms with van der Waals surface area (Å²) in [5.74, 6) is 4.32. The zero-order valence-corrected chi connectivity index (χ0v) is 19.9. The van der Waals surface area contributed by atoms with Crippen molar-refractivity contribution in [3.8, 4) is 0 Å². The van der Waals surface area contributed by atoms with Crippen molar-refractivity contribution in [1.82, 2.24) is 5.32 Å². The first-order valence-electron chi connectivity index (χ1n) is 12.9. The second kappa shape index (κ2) is 9.50. The summed E-state index contributed by atoms with van der Waals surface area (Å²) in [6, 6.07) is 0.448. The number of sulfone groups is 1. The predicted molar refractivity (Wildman–Crippen MR) is 122 cm³/mol. The molecule has 0 aromatic rings. The monoisotopic (exact) mass is 437 g/mol. The van der Waals surface area contributed by atoms with Gasteiger partial charge in [0.15, 0.2) is 0 Å². The maximum Gasteiger partial charge on any atom is 0.226 e. The second-order valence-electron chi connectivity index (χ2n) is 11.2. The van der Waals surface area contributed by atoms with Crippen molar-refractivity contribution < 1.29 is 13.2 Å². The lowest BCUT2D eigenvalue weighted by Crippen LogP contribution is -2.58. The van der Waals surface area contributed by atoms with Crippen LogP contribution in [0.25, 0.3) is 0 Å². The van der Waals surface area contributed by atoms with Crippen molar-refractivity contribution in [2.75, 3.05) is 11.5 Å². The van der Waals surface area contributed by atoms with E-state index in [-0.39, 0.29) is 11.2 Å².